The van der Waals surface area contributed by atoms with E-state index in [1.807, 2.05) is 0 Å². The summed E-state index contributed by atoms with van der Waals surface area (Å²) in [5.74, 6) is -0.889. The lowest BCUT2D eigenvalue weighted by Crippen LogP contribution is -2.50. The van der Waals surface area contributed by atoms with Crippen LogP contribution in [0.5, 0.6) is 0 Å². The van der Waals surface area contributed by atoms with Gasteiger partial charge < -0.3 is 5.11 Å². The minimum absolute atomic E-state index is 0.317. The van der Waals surface area contributed by atoms with Crippen molar-refractivity contribution < 1.29 is 31.1 Å². The Kier molecular flexibility index (Phi) is 3.76. The molecule has 0 amide bonds. The van der Waals surface area contributed by atoms with Crippen LogP contribution in [0.1, 0.15) is 43.2 Å². The molecule has 8 heteroatoms. The number of aliphatic hydroxyl groups is 1. The molecular formula is C15H16F4O3S. The van der Waals surface area contributed by atoms with Crippen LogP contribution >= 0.6 is 0 Å². The smallest absolute Gasteiger partial charge is 0.385 e. The standard InChI is InChI=1S/C15H16F4O3S/c16-9-4-5-12(15(17,18)19)13(6-9)14(20)7-10-2-1-3-11(8-14)23(10,21)22/h4-6,10-11,20H,1-3,7-8H2. The molecule has 0 radical (unpaired) electrons. The Morgan fingerprint density at radius 2 is 1.70 bits per heavy atom. The maximum Gasteiger partial charge on any atom is 0.416 e. The largest absolute Gasteiger partial charge is 0.416 e. The number of halogens is 4. The molecule has 2 atom stereocenters. The first-order valence-electron chi connectivity index (χ1n) is 7.36. The molecule has 2 aliphatic heterocycles. The third-order valence-electron chi connectivity index (χ3n) is 4.90. The summed E-state index contributed by atoms with van der Waals surface area (Å²) in [7, 11) is -3.44. The zero-order chi connectivity index (χ0) is 17.0. The first-order chi connectivity index (χ1) is 10.5. The highest BCUT2D eigenvalue weighted by molar-refractivity contribution is 7.92. The lowest BCUT2D eigenvalue weighted by atomic mass is 9.78. The van der Waals surface area contributed by atoms with Gasteiger partial charge in [-0.15, -0.1) is 0 Å². The zero-order valence-corrected chi connectivity index (χ0v) is 12.9. The van der Waals surface area contributed by atoms with E-state index in [1.165, 1.54) is 0 Å². The van der Waals surface area contributed by atoms with Crippen LogP contribution in [0, 0.1) is 5.82 Å². The van der Waals surface area contributed by atoms with Gasteiger partial charge in [-0.3, -0.25) is 0 Å². The Labute approximate surface area is 131 Å². The molecule has 1 aromatic carbocycles. The topological polar surface area (TPSA) is 54.4 Å². The molecule has 1 aromatic rings. The molecule has 0 aromatic heterocycles. The molecule has 2 unspecified atom stereocenters. The molecule has 23 heavy (non-hydrogen) atoms. The van der Waals surface area contributed by atoms with Crippen molar-refractivity contribution in [1.82, 2.24) is 0 Å². The van der Waals surface area contributed by atoms with E-state index in [0.717, 1.165) is 0 Å². The van der Waals surface area contributed by atoms with E-state index in [0.29, 0.717) is 37.5 Å². The molecule has 1 N–H and O–H groups in total. The summed E-state index contributed by atoms with van der Waals surface area (Å²) in [6.45, 7) is 0. The van der Waals surface area contributed by atoms with Gasteiger partial charge in [0.25, 0.3) is 0 Å². The van der Waals surface area contributed by atoms with Crippen LogP contribution in [0.4, 0.5) is 17.6 Å². The monoisotopic (exact) mass is 352 g/mol. The summed E-state index contributed by atoms with van der Waals surface area (Å²) in [5.41, 5.74) is -3.65. The van der Waals surface area contributed by atoms with Gasteiger partial charge in [-0.25, -0.2) is 12.8 Å². The Balaban J connectivity index is 2.10. The Morgan fingerprint density at radius 3 is 2.22 bits per heavy atom. The molecule has 3 nitrogen and oxygen atoms in total. The van der Waals surface area contributed by atoms with E-state index in [2.05, 4.69) is 0 Å². The molecule has 2 heterocycles. The van der Waals surface area contributed by atoms with Crippen LogP contribution in [0.2, 0.25) is 0 Å². The number of hydrogen-bond acceptors (Lipinski definition) is 3. The van der Waals surface area contributed by atoms with Crippen LogP contribution in [0.25, 0.3) is 0 Å². The molecule has 2 saturated heterocycles. The van der Waals surface area contributed by atoms with E-state index in [-0.39, 0.29) is 12.8 Å². The number of hydrogen-bond donors (Lipinski definition) is 1. The predicted molar refractivity (Wildman–Crippen MR) is 74.9 cm³/mol. The van der Waals surface area contributed by atoms with Crippen molar-refractivity contribution in [2.45, 2.75) is 54.4 Å². The van der Waals surface area contributed by atoms with Gasteiger partial charge in [0.1, 0.15) is 5.82 Å². The fourth-order valence-electron chi connectivity index (χ4n) is 3.82. The first-order valence-corrected chi connectivity index (χ1v) is 8.97. The molecule has 2 aliphatic rings. The van der Waals surface area contributed by atoms with Gasteiger partial charge in [0.2, 0.25) is 0 Å². The summed E-state index contributed by atoms with van der Waals surface area (Å²) in [4.78, 5) is 0. The van der Waals surface area contributed by atoms with Gasteiger partial charge >= 0.3 is 6.18 Å². The second kappa shape index (κ2) is 5.17. The average Bonchev–Trinajstić information content (AvgIpc) is 2.39. The minimum atomic E-state index is -4.75. The van der Waals surface area contributed by atoms with Crippen LogP contribution < -0.4 is 0 Å². The average molecular weight is 352 g/mol. The highest BCUT2D eigenvalue weighted by Gasteiger charge is 2.53. The minimum Gasteiger partial charge on any atom is -0.385 e. The van der Waals surface area contributed by atoms with Gasteiger partial charge in [-0.1, -0.05) is 6.42 Å². The summed E-state index contributed by atoms with van der Waals surface area (Å²) in [6, 6.07) is 1.97. The first kappa shape index (κ1) is 16.7. The van der Waals surface area contributed by atoms with Crippen LogP contribution in [-0.4, -0.2) is 24.0 Å². The fourth-order valence-corrected chi connectivity index (χ4v) is 6.37. The highest BCUT2D eigenvalue weighted by Crippen LogP contribution is 2.48. The lowest BCUT2D eigenvalue weighted by molar-refractivity contribution is -0.141. The number of sulfone groups is 1. The molecule has 0 saturated carbocycles. The van der Waals surface area contributed by atoms with Crippen molar-refractivity contribution in [2.75, 3.05) is 0 Å². The molecular weight excluding hydrogens is 336 g/mol. The molecule has 2 bridgehead atoms. The summed E-state index contributed by atoms with van der Waals surface area (Å²) in [5, 5.41) is 9.08. The summed E-state index contributed by atoms with van der Waals surface area (Å²) >= 11 is 0. The van der Waals surface area contributed by atoms with Crippen LogP contribution in [0.15, 0.2) is 18.2 Å². The molecule has 2 fully saturated rings. The van der Waals surface area contributed by atoms with Crippen molar-refractivity contribution in [3.05, 3.63) is 35.1 Å². The van der Waals surface area contributed by atoms with Gasteiger partial charge in [-0.05, 0) is 49.4 Å². The summed E-state index contributed by atoms with van der Waals surface area (Å²) < 4.78 is 77.6. The fraction of sp³-hybridized carbons (Fsp3) is 0.600. The Bertz CT molecular complexity index is 707. The Morgan fingerprint density at radius 1 is 1.13 bits per heavy atom. The van der Waals surface area contributed by atoms with Gasteiger partial charge in [0.05, 0.1) is 21.7 Å². The van der Waals surface area contributed by atoms with Crippen LogP contribution in [-0.2, 0) is 21.6 Å². The van der Waals surface area contributed by atoms with E-state index >= 15 is 0 Å². The maximum atomic E-state index is 13.5. The second-order valence-electron chi connectivity index (χ2n) is 6.39. The van der Waals surface area contributed by atoms with Crippen molar-refractivity contribution in [1.29, 1.82) is 0 Å². The van der Waals surface area contributed by atoms with Crippen molar-refractivity contribution in [3.8, 4) is 0 Å². The second-order valence-corrected chi connectivity index (χ2v) is 8.90. The van der Waals surface area contributed by atoms with Crippen molar-refractivity contribution in [2.24, 2.45) is 0 Å². The normalized spacial score (nSPS) is 33.4. The van der Waals surface area contributed by atoms with E-state index in [1.54, 1.807) is 0 Å². The highest BCUT2D eigenvalue weighted by atomic mass is 32.2. The van der Waals surface area contributed by atoms with Crippen molar-refractivity contribution >= 4 is 9.84 Å². The van der Waals surface area contributed by atoms with E-state index in [4.69, 9.17) is 0 Å². The van der Waals surface area contributed by atoms with Crippen molar-refractivity contribution in [3.63, 3.8) is 0 Å². The molecule has 0 spiro atoms. The van der Waals surface area contributed by atoms with E-state index in [9.17, 15) is 31.1 Å². The third kappa shape index (κ3) is 2.76. The lowest BCUT2D eigenvalue weighted by Gasteiger charge is -2.44. The molecule has 3 rings (SSSR count). The Hall–Kier alpha value is -1.15. The number of alkyl halides is 3. The molecule has 0 aliphatic carbocycles. The number of benzene rings is 1. The number of rotatable bonds is 1. The van der Waals surface area contributed by atoms with Gasteiger partial charge in [-0.2, -0.15) is 13.2 Å². The molecule has 128 valence electrons. The van der Waals surface area contributed by atoms with Gasteiger partial charge in [0.15, 0.2) is 9.84 Å². The van der Waals surface area contributed by atoms with E-state index < -0.39 is 49.1 Å². The maximum absolute atomic E-state index is 13.5. The quantitative estimate of drug-likeness (QED) is 0.790. The predicted octanol–water partition coefficient (Wildman–Crippen LogP) is 3.16. The number of fused-ring (bicyclic) bond motifs is 2. The SMILES string of the molecule is O=S1(=O)C2CCCC1CC(O)(c1cc(F)ccc1C(F)(F)F)C2. The zero-order valence-electron chi connectivity index (χ0n) is 12.1. The third-order valence-corrected chi connectivity index (χ3v) is 7.56. The van der Waals surface area contributed by atoms with Crippen LogP contribution in [0.3, 0.4) is 0 Å². The van der Waals surface area contributed by atoms with Gasteiger partial charge in [0, 0.05) is 0 Å². The summed E-state index contributed by atoms with van der Waals surface area (Å²) in [6.07, 6.45) is -4.09.